The Labute approximate surface area is 209 Å². The van der Waals surface area contributed by atoms with Gasteiger partial charge in [0.05, 0.1) is 29.3 Å². The van der Waals surface area contributed by atoms with Crippen molar-refractivity contribution in [3.63, 3.8) is 0 Å². The highest BCUT2D eigenvalue weighted by Crippen LogP contribution is 2.29. The number of sulfonamides is 1. The highest BCUT2D eigenvalue weighted by molar-refractivity contribution is 7.89. The Kier molecular flexibility index (Phi) is 8.79. The summed E-state index contributed by atoms with van der Waals surface area (Å²) in [6.07, 6.45) is 0.111. The number of anilines is 1. The van der Waals surface area contributed by atoms with E-state index in [1.54, 1.807) is 19.1 Å². The summed E-state index contributed by atoms with van der Waals surface area (Å²) in [5, 5.41) is 3.25. The molecule has 0 radical (unpaired) electrons. The number of nitrogens with one attached hydrogen (secondary N) is 2. The van der Waals surface area contributed by atoms with Gasteiger partial charge in [-0.15, -0.1) is 0 Å². The van der Waals surface area contributed by atoms with E-state index < -0.39 is 22.0 Å². The van der Waals surface area contributed by atoms with Gasteiger partial charge in [0.1, 0.15) is 17.5 Å². The van der Waals surface area contributed by atoms with Crippen LogP contribution < -0.4 is 19.5 Å². The molecule has 0 heterocycles. The van der Waals surface area contributed by atoms with E-state index in [2.05, 4.69) is 10.0 Å². The lowest BCUT2D eigenvalue weighted by Crippen LogP contribution is -2.45. The van der Waals surface area contributed by atoms with Crippen LogP contribution in [0.3, 0.4) is 0 Å². The molecule has 3 aromatic rings. The van der Waals surface area contributed by atoms with E-state index in [1.807, 2.05) is 30.3 Å². The number of carbonyl (C=O) groups is 1. The van der Waals surface area contributed by atoms with Crippen molar-refractivity contribution in [1.82, 2.24) is 4.72 Å². The minimum atomic E-state index is -4.10. The van der Waals surface area contributed by atoms with Gasteiger partial charge in [-0.2, -0.15) is 4.72 Å². The number of rotatable bonds is 10. The minimum Gasteiger partial charge on any atom is -0.495 e. The fourth-order valence-electron chi connectivity index (χ4n) is 3.21. The third-order valence-corrected chi connectivity index (χ3v) is 6.83. The topological polar surface area (TPSA) is 93.7 Å². The summed E-state index contributed by atoms with van der Waals surface area (Å²) in [7, 11) is -2.65. The average molecular weight is 523 g/mol. The van der Waals surface area contributed by atoms with Crippen molar-refractivity contribution in [3.8, 4) is 11.5 Å². The first-order valence-electron chi connectivity index (χ1n) is 10.4. The zero-order valence-corrected chi connectivity index (χ0v) is 20.9. The minimum absolute atomic E-state index is 0.0906. The summed E-state index contributed by atoms with van der Waals surface area (Å²) in [5.74, 6) is 0.178. The quantitative estimate of drug-likeness (QED) is 0.393. The van der Waals surface area contributed by atoms with E-state index in [4.69, 9.17) is 32.7 Å². The van der Waals surface area contributed by atoms with Gasteiger partial charge in [-0.05, 0) is 55.3 Å². The summed E-state index contributed by atoms with van der Waals surface area (Å²) in [5.41, 5.74) is 1.09. The molecular formula is C24H24Cl2N2O5S. The maximum atomic E-state index is 13.2. The summed E-state index contributed by atoms with van der Waals surface area (Å²) < 4.78 is 39.4. The molecule has 0 aliphatic rings. The van der Waals surface area contributed by atoms with E-state index in [0.717, 1.165) is 5.56 Å². The standard InChI is InChI=1S/C24H24Cl2N2O5S/c1-3-33-22-12-10-18(15-19(22)26)34(30,31)28-21(13-16-7-5-4-6-8-16)24(29)27-20-14-17(25)9-11-23(20)32-2/h4-12,14-15,21,28H,3,13H2,1-2H3,(H,27,29). The highest BCUT2D eigenvalue weighted by atomic mass is 35.5. The summed E-state index contributed by atoms with van der Waals surface area (Å²) in [6.45, 7) is 2.18. The van der Waals surface area contributed by atoms with Gasteiger partial charge in [0, 0.05) is 5.02 Å². The molecule has 0 fully saturated rings. The maximum Gasteiger partial charge on any atom is 0.243 e. The Bertz CT molecular complexity index is 1250. The van der Waals surface area contributed by atoms with Crippen LogP contribution in [0, 0.1) is 0 Å². The molecule has 0 aliphatic heterocycles. The lowest BCUT2D eigenvalue weighted by atomic mass is 10.1. The van der Waals surface area contributed by atoms with Gasteiger partial charge in [0.2, 0.25) is 15.9 Å². The first-order valence-corrected chi connectivity index (χ1v) is 12.6. The molecule has 7 nitrogen and oxygen atoms in total. The van der Waals surface area contributed by atoms with Crippen LogP contribution >= 0.6 is 23.2 Å². The summed E-state index contributed by atoms with van der Waals surface area (Å²) >= 11 is 12.2. The molecule has 1 unspecified atom stereocenters. The Morgan fingerprint density at radius 2 is 1.71 bits per heavy atom. The van der Waals surface area contributed by atoms with Crippen LogP contribution in [-0.2, 0) is 21.2 Å². The molecule has 0 saturated heterocycles. The number of carbonyl (C=O) groups excluding carboxylic acids is 1. The van der Waals surface area contributed by atoms with Gasteiger partial charge in [-0.1, -0.05) is 53.5 Å². The predicted molar refractivity (Wildman–Crippen MR) is 134 cm³/mol. The van der Waals surface area contributed by atoms with Crippen molar-refractivity contribution >= 4 is 44.8 Å². The number of methoxy groups -OCH3 is 1. The van der Waals surface area contributed by atoms with Crippen LogP contribution in [0.5, 0.6) is 11.5 Å². The Hall–Kier alpha value is -2.78. The summed E-state index contributed by atoms with van der Waals surface area (Å²) in [6, 6.07) is 16.8. The average Bonchev–Trinajstić information content (AvgIpc) is 2.80. The van der Waals surface area contributed by atoms with Crippen molar-refractivity contribution in [3.05, 3.63) is 82.3 Å². The van der Waals surface area contributed by atoms with Crippen molar-refractivity contribution in [2.75, 3.05) is 19.0 Å². The van der Waals surface area contributed by atoms with Crippen LogP contribution in [0.15, 0.2) is 71.6 Å². The molecule has 0 aliphatic carbocycles. The molecular weight excluding hydrogens is 499 g/mol. The number of benzene rings is 3. The highest BCUT2D eigenvalue weighted by Gasteiger charge is 2.27. The Morgan fingerprint density at radius 3 is 2.35 bits per heavy atom. The van der Waals surface area contributed by atoms with Crippen molar-refractivity contribution in [2.45, 2.75) is 24.3 Å². The first-order chi connectivity index (χ1) is 16.2. The normalized spacial score (nSPS) is 12.1. The van der Waals surface area contributed by atoms with E-state index in [9.17, 15) is 13.2 Å². The van der Waals surface area contributed by atoms with Crippen LogP contribution in [0.1, 0.15) is 12.5 Å². The van der Waals surface area contributed by atoms with Crippen LogP contribution in [0.25, 0.3) is 0 Å². The molecule has 2 N–H and O–H groups in total. The molecule has 3 rings (SSSR count). The van der Waals surface area contributed by atoms with Gasteiger partial charge < -0.3 is 14.8 Å². The number of hydrogen-bond acceptors (Lipinski definition) is 5. The predicted octanol–water partition coefficient (Wildman–Crippen LogP) is 4.93. The smallest absolute Gasteiger partial charge is 0.243 e. The van der Waals surface area contributed by atoms with E-state index >= 15 is 0 Å². The second-order valence-corrected chi connectivity index (χ2v) is 9.78. The third-order valence-electron chi connectivity index (χ3n) is 4.83. The van der Waals surface area contributed by atoms with Gasteiger partial charge in [-0.25, -0.2) is 8.42 Å². The molecule has 1 atom stereocenters. The molecule has 0 bridgehead atoms. The second-order valence-electron chi connectivity index (χ2n) is 7.22. The van der Waals surface area contributed by atoms with Crippen molar-refractivity contribution in [2.24, 2.45) is 0 Å². The zero-order valence-electron chi connectivity index (χ0n) is 18.5. The second kappa shape index (κ2) is 11.6. The fourth-order valence-corrected chi connectivity index (χ4v) is 4.91. The molecule has 34 heavy (non-hydrogen) atoms. The van der Waals surface area contributed by atoms with Crippen LogP contribution in [0.2, 0.25) is 10.0 Å². The number of halogens is 2. The van der Waals surface area contributed by atoms with Gasteiger partial charge in [-0.3, -0.25) is 4.79 Å². The van der Waals surface area contributed by atoms with Crippen LogP contribution in [0.4, 0.5) is 5.69 Å². The lowest BCUT2D eigenvalue weighted by molar-refractivity contribution is -0.117. The number of hydrogen-bond donors (Lipinski definition) is 2. The molecule has 1 amide bonds. The molecule has 180 valence electrons. The van der Waals surface area contributed by atoms with Gasteiger partial charge in [0.25, 0.3) is 0 Å². The van der Waals surface area contributed by atoms with Gasteiger partial charge >= 0.3 is 0 Å². The van der Waals surface area contributed by atoms with E-state index in [-0.39, 0.29) is 16.3 Å². The Balaban J connectivity index is 1.90. The van der Waals surface area contributed by atoms with Crippen molar-refractivity contribution < 1.29 is 22.7 Å². The Morgan fingerprint density at radius 1 is 1.00 bits per heavy atom. The van der Waals surface area contributed by atoms with Crippen molar-refractivity contribution in [1.29, 1.82) is 0 Å². The number of amides is 1. The fraction of sp³-hybridized carbons (Fsp3) is 0.208. The molecule has 0 saturated carbocycles. The largest absolute Gasteiger partial charge is 0.495 e. The monoisotopic (exact) mass is 522 g/mol. The molecule has 3 aromatic carbocycles. The lowest BCUT2D eigenvalue weighted by Gasteiger charge is -2.20. The maximum absolute atomic E-state index is 13.2. The van der Waals surface area contributed by atoms with E-state index in [1.165, 1.54) is 31.4 Å². The SMILES string of the molecule is CCOc1ccc(S(=O)(=O)NC(Cc2ccccc2)C(=O)Nc2cc(Cl)ccc2OC)cc1Cl. The number of ether oxygens (including phenoxy) is 2. The van der Waals surface area contributed by atoms with Crippen LogP contribution in [-0.4, -0.2) is 34.1 Å². The third kappa shape index (κ3) is 6.64. The zero-order chi connectivity index (χ0) is 24.7. The summed E-state index contributed by atoms with van der Waals surface area (Å²) in [4.78, 5) is 13.1. The van der Waals surface area contributed by atoms with Gasteiger partial charge in [0.15, 0.2) is 0 Å². The molecule has 0 aromatic heterocycles. The molecule has 10 heteroatoms. The van der Waals surface area contributed by atoms with E-state index in [0.29, 0.717) is 28.8 Å². The first kappa shape index (κ1) is 25.8. The molecule has 0 spiro atoms.